The molecule has 0 aliphatic heterocycles. The van der Waals surface area contributed by atoms with Gasteiger partial charge in [0.25, 0.3) is 0 Å². The second kappa shape index (κ2) is 7.96. The fourth-order valence-electron chi connectivity index (χ4n) is 1.82. The van der Waals surface area contributed by atoms with Gasteiger partial charge in [0.05, 0.1) is 0 Å². The van der Waals surface area contributed by atoms with Crippen LogP contribution in [0.3, 0.4) is 0 Å². The van der Waals surface area contributed by atoms with Crippen LogP contribution in [0.25, 0.3) is 0 Å². The van der Waals surface area contributed by atoms with Gasteiger partial charge in [-0.3, -0.25) is 0 Å². The van der Waals surface area contributed by atoms with E-state index >= 15 is 0 Å². The molecule has 0 saturated heterocycles. The zero-order valence-electron chi connectivity index (χ0n) is 11.4. The number of rotatable bonds is 9. The van der Waals surface area contributed by atoms with E-state index in [0.29, 0.717) is 22.9 Å². The number of methoxy groups -OCH3 is 1. The molecule has 110 valence electrons. The molecule has 1 aromatic heterocycles. The molecule has 0 fully saturated rings. The fourth-order valence-corrected chi connectivity index (χ4v) is 4.59. The summed E-state index contributed by atoms with van der Waals surface area (Å²) < 4.78 is 32.0. The van der Waals surface area contributed by atoms with E-state index in [1.165, 1.54) is 11.3 Å². The molecule has 1 rings (SSSR count). The third-order valence-corrected chi connectivity index (χ3v) is 5.71. The summed E-state index contributed by atoms with van der Waals surface area (Å²) in [5, 5.41) is 1.83. The molecule has 7 heteroatoms. The molecule has 0 radical (unpaired) electrons. The molecule has 0 spiro atoms. The minimum atomic E-state index is -3.43. The number of unbranched alkanes of at least 4 members (excludes halogenated alkanes) is 2. The largest absolute Gasteiger partial charge is 0.385 e. The molecule has 5 nitrogen and oxygen atoms in total. The van der Waals surface area contributed by atoms with E-state index < -0.39 is 10.0 Å². The minimum Gasteiger partial charge on any atom is -0.385 e. The molecule has 0 atom stereocenters. The molecule has 0 aliphatic rings. The Morgan fingerprint density at radius 1 is 1.37 bits per heavy atom. The summed E-state index contributed by atoms with van der Waals surface area (Å²) in [5.74, 6) is 0. The van der Waals surface area contributed by atoms with Crippen LogP contribution in [0.1, 0.15) is 29.7 Å². The Morgan fingerprint density at radius 3 is 2.74 bits per heavy atom. The normalized spacial score (nSPS) is 11.9. The van der Waals surface area contributed by atoms with Crippen molar-refractivity contribution in [2.45, 2.75) is 37.6 Å². The monoisotopic (exact) mass is 306 g/mol. The molecule has 1 heterocycles. The van der Waals surface area contributed by atoms with Gasteiger partial charge in [-0.2, -0.15) is 0 Å². The van der Waals surface area contributed by atoms with Crippen LogP contribution in [-0.2, 0) is 21.3 Å². The zero-order chi connectivity index (χ0) is 14.3. The van der Waals surface area contributed by atoms with Gasteiger partial charge in [0.1, 0.15) is 4.90 Å². The molecule has 0 unspecified atom stereocenters. The first-order valence-corrected chi connectivity index (χ1v) is 8.65. The Hall–Kier alpha value is -0.470. The highest BCUT2D eigenvalue weighted by atomic mass is 32.2. The van der Waals surface area contributed by atoms with Crippen molar-refractivity contribution < 1.29 is 13.2 Å². The van der Waals surface area contributed by atoms with Gasteiger partial charge >= 0.3 is 0 Å². The minimum absolute atomic E-state index is 0.253. The van der Waals surface area contributed by atoms with E-state index in [1.54, 1.807) is 14.0 Å². The Bertz CT molecular complexity index is 483. The number of nitrogens with one attached hydrogen (secondary N) is 1. The van der Waals surface area contributed by atoms with E-state index in [-0.39, 0.29) is 6.54 Å². The lowest BCUT2D eigenvalue weighted by molar-refractivity contribution is 0.192. The fraction of sp³-hybridized carbons (Fsp3) is 0.667. The van der Waals surface area contributed by atoms with Gasteiger partial charge < -0.3 is 10.5 Å². The lowest BCUT2D eigenvalue weighted by Crippen LogP contribution is -2.26. The zero-order valence-corrected chi connectivity index (χ0v) is 13.1. The van der Waals surface area contributed by atoms with Crippen molar-refractivity contribution in [3.05, 3.63) is 15.8 Å². The first kappa shape index (κ1) is 16.6. The third-order valence-electron chi connectivity index (χ3n) is 2.76. The van der Waals surface area contributed by atoms with Crippen LogP contribution in [0.15, 0.2) is 10.3 Å². The molecule has 0 saturated carbocycles. The van der Waals surface area contributed by atoms with E-state index in [1.807, 2.05) is 5.38 Å². The van der Waals surface area contributed by atoms with Crippen LogP contribution in [-0.4, -0.2) is 28.7 Å². The number of aryl methyl sites for hydroxylation is 1. The van der Waals surface area contributed by atoms with Gasteiger partial charge in [-0.1, -0.05) is 0 Å². The number of sulfonamides is 1. The van der Waals surface area contributed by atoms with Crippen LogP contribution in [0, 0.1) is 6.92 Å². The summed E-state index contributed by atoms with van der Waals surface area (Å²) in [6.45, 7) is 3.21. The van der Waals surface area contributed by atoms with Gasteiger partial charge in [-0.05, 0) is 37.1 Å². The molecule has 0 aliphatic carbocycles. The van der Waals surface area contributed by atoms with Crippen LogP contribution < -0.4 is 10.5 Å². The SMILES string of the molecule is COCCCCCNS(=O)(=O)c1c(C)csc1CN. The van der Waals surface area contributed by atoms with E-state index in [2.05, 4.69) is 4.72 Å². The van der Waals surface area contributed by atoms with E-state index in [0.717, 1.165) is 24.8 Å². The lowest BCUT2D eigenvalue weighted by Gasteiger charge is -2.08. The molecule has 1 aromatic rings. The standard InChI is InChI=1S/C12H22N2O3S2/c1-10-9-18-11(8-13)12(10)19(15,16)14-6-4-3-5-7-17-2/h9,14H,3-8,13H2,1-2H3. The van der Waals surface area contributed by atoms with Crippen LogP contribution in [0.2, 0.25) is 0 Å². The second-order valence-electron chi connectivity index (χ2n) is 4.33. The van der Waals surface area contributed by atoms with E-state index in [9.17, 15) is 8.42 Å². The Balaban J connectivity index is 2.54. The summed E-state index contributed by atoms with van der Waals surface area (Å²) in [5.41, 5.74) is 6.34. The van der Waals surface area contributed by atoms with Crippen molar-refractivity contribution in [2.24, 2.45) is 5.73 Å². The Morgan fingerprint density at radius 2 is 2.11 bits per heavy atom. The molecule has 0 aromatic carbocycles. The van der Waals surface area contributed by atoms with Crippen molar-refractivity contribution >= 4 is 21.4 Å². The summed E-state index contributed by atoms with van der Waals surface area (Å²) in [7, 11) is -1.77. The third kappa shape index (κ3) is 4.85. The maximum absolute atomic E-state index is 12.2. The number of hydrogen-bond acceptors (Lipinski definition) is 5. The molecule has 0 bridgehead atoms. The average Bonchev–Trinajstić information content (AvgIpc) is 2.75. The van der Waals surface area contributed by atoms with Crippen molar-refractivity contribution in [3.63, 3.8) is 0 Å². The molecule has 19 heavy (non-hydrogen) atoms. The van der Waals surface area contributed by atoms with Crippen molar-refractivity contribution in [1.29, 1.82) is 0 Å². The van der Waals surface area contributed by atoms with Crippen molar-refractivity contribution in [1.82, 2.24) is 4.72 Å². The smallest absolute Gasteiger partial charge is 0.241 e. The Kier molecular flexibility index (Phi) is 6.95. The first-order chi connectivity index (χ1) is 9.03. The van der Waals surface area contributed by atoms with Crippen molar-refractivity contribution in [3.8, 4) is 0 Å². The number of hydrogen-bond donors (Lipinski definition) is 2. The number of thiophene rings is 1. The van der Waals surface area contributed by atoms with Crippen molar-refractivity contribution in [2.75, 3.05) is 20.3 Å². The van der Waals surface area contributed by atoms with E-state index in [4.69, 9.17) is 10.5 Å². The second-order valence-corrected chi connectivity index (χ2v) is 6.99. The van der Waals surface area contributed by atoms with Gasteiger partial charge in [-0.25, -0.2) is 13.1 Å². The van der Waals surface area contributed by atoms with Crippen LogP contribution in [0.5, 0.6) is 0 Å². The van der Waals surface area contributed by atoms with Gasteiger partial charge in [0.15, 0.2) is 0 Å². The topological polar surface area (TPSA) is 81.4 Å². The molecule has 0 amide bonds. The van der Waals surface area contributed by atoms with Crippen LogP contribution in [0.4, 0.5) is 0 Å². The predicted octanol–water partition coefficient (Wildman–Crippen LogP) is 1.61. The maximum Gasteiger partial charge on any atom is 0.241 e. The first-order valence-electron chi connectivity index (χ1n) is 6.28. The average molecular weight is 306 g/mol. The predicted molar refractivity (Wildman–Crippen MR) is 77.9 cm³/mol. The highest BCUT2D eigenvalue weighted by molar-refractivity contribution is 7.89. The quantitative estimate of drug-likeness (QED) is 0.679. The summed E-state index contributed by atoms with van der Waals surface area (Å²) in [6, 6.07) is 0. The summed E-state index contributed by atoms with van der Waals surface area (Å²) >= 11 is 1.39. The van der Waals surface area contributed by atoms with Gasteiger partial charge in [0.2, 0.25) is 10.0 Å². The van der Waals surface area contributed by atoms with Crippen LogP contribution >= 0.6 is 11.3 Å². The lowest BCUT2D eigenvalue weighted by atomic mass is 10.2. The number of ether oxygens (including phenoxy) is 1. The summed E-state index contributed by atoms with van der Waals surface area (Å²) in [4.78, 5) is 1.07. The summed E-state index contributed by atoms with van der Waals surface area (Å²) in [6.07, 6.45) is 2.70. The Labute approximate surface area is 119 Å². The molecular formula is C12H22N2O3S2. The highest BCUT2D eigenvalue weighted by Gasteiger charge is 2.21. The van der Waals surface area contributed by atoms with Gasteiger partial charge in [0, 0.05) is 31.7 Å². The maximum atomic E-state index is 12.2. The molecule has 3 N–H and O–H groups in total. The highest BCUT2D eigenvalue weighted by Crippen LogP contribution is 2.26. The molecular weight excluding hydrogens is 284 g/mol. The number of nitrogens with two attached hydrogens (primary N) is 1. The van der Waals surface area contributed by atoms with Gasteiger partial charge in [-0.15, -0.1) is 11.3 Å².